The fourth-order valence-corrected chi connectivity index (χ4v) is 3.52. The second-order valence-electron chi connectivity index (χ2n) is 7.28. The number of rotatable bonds is 3. The van der Waals surface area contributed by atoms with Gasteiger partial charge in [0, 0.05) is 0 Å². The molecule has 0 aromatic rings. The second-order valence-corrected chi connectivity index (χ2v) is 7.28. The van der Waals surface area contributed by atoms with E-state index in [-0.39, 0.29) is 12.7 Å². The molecule has 3 rings (SSSR count). The number of aliphatic hydroxyl groups excluding tert-OH is 1. The lowest BCUT2D eigenvalue weighted by Crippen LogP contribution is -2.65. The van der Waals surface area contributed by atoms with Crippen LogP contribution in [0.1, 0.15) is 34.6 Å². The molecular formula is C15H24O8. The third-order valence-corrected chi connectivity index (χ3v) is 4.48. The highest BCUT2D eigenvalue weighted by atomic mass is 16.9. The Hall–Kier alpha value is -0.770. The summed E-state index contributed by atoms with van der Waals surface area (Å²) < 4.78 is 29.3. The van der Waals surface area contributed by atoms with Gasteiger partial charge in [-0.2, -0.15) is 0 Å². The van der Waals surface area contributed by atoms with Crippen molar-refractivity contribution in [1.82, 2.24) is 0 Å². The molecule has 3 aliphatic rings. The summed E-state index contributed by atoms with van der Waals surface area (Å²) in [7, 11) is 0. The first-order chi connectivity index (χ1) is 10.5. The summed E-state index contributed by atoms with van der Waals surface area (Å²) in [5.41, 5.74) is 0. The number of fused-ring (bicyclic) bond motifs is 3. The maximum Gasteiger partial charge on any atom is 0.309 e. The quantitative estimate of drug-likeness (QED) is 0.768. The van der Waals surface area contributed by atoms with Crippen molar-refractivity contribution in [3.8, 4) is 0 Å². The molecule has 2 unspecified atom stereocenters. The van der Waals surface area contributed by atoms with Gasteiger partial charge in [0.1, 0.15) is 24.4 Å². The number of aliphatic carboxylic acids is 1. The molecule has 0 bridgehead atoms. The maximum atomic E-state index is 11.3. The van der Waals surface area contributed by atoms with E-state index in [1.54, 1.807) is 27.7 Å². The average Bonchev–Trinajstić information content (AvgIpc) is 2.88. The van der Waals surface area contributed by atoms with Crippen molar-refractivity contribution in [2.24, 2.45) is 5.92 Å². The Morgan fingerprint density at radius 1 is 1.13 bits per heavy atom. The van der Waals surface area contributed by atoms with Crippen molar-refractivity contribution in [2.75, 3.05) is 6.61 Å². The number of carboxylic acid groups (broad SMARTS) is 1. The monoisotopic (exact) mass is 332 g/mol. The molecule has 3 heterocycles. The normalized spacial score (nSPS) is 43.5. The fourth-order valence-electron chi connectivity index (χ4n) is 3.52. The van der Waals surface area contributed by atoms with Crippen molar-refractivity contribution < 1.29 is 38.7 Å². The summed E-state index contributed by atoms with van der Waals surface area (Å²) in [6, 6.07) is 0. The molecule has 3 saturated heterocycles. The minimum atomic E-state index is -1.60. The molecule has 2 N–H and O–H groups in total. The number of hydrogen-bond donors (Lipinski definition) is 2. The number of carbonyl (C=O) groups is 1. The van der Waals surface area contributed by atoms with Gasteiger partial charge in [-0.15, -0.1) is 0 Å². The lowest BCUT2D eigenvalue weighted by molar-refractivity contribution is -0.324. The number of carboxylic acids is 1. The van der Waals surface area contributed by atoms with Crippen molar-refractivity contribution in [2.45, 2.75) is 76.4 Å². The Morgan fingerprint density at radius 2 is 1.78 bits per heavy atom. The molecule has 8 heteroatoms. The smallest absolute Gasteiger partial charge is 0.309 e. The topological polar surface area (TPSA) is 104 Å². The summed E-state index contributed by atoms with van der Waals surface area (Å²) >= 11 is 0. The molecule has 0 aliphatic carbocycles. The summed E-state index contributed by atoms with van der Waals surface area (Å²) in [6.07, 6.45) is -3.10. The van der Waals surface area contributed by atoms with Crippen molar-refractivity contribution in [1.29, 1.82) is 0 Å². The van der Waals surface area contributed by atoms with Gasteiger partial charge in [0.15, 0.2) is 11.6 Å². The van der Waals surface area contributed by atoms with E-state index in [1.165, 1.54) is 6.92 Å². The van der Waals surface area contributed by atoms with Crippen LogP contribution in [0.5, 0.6) is 0 Å². The summed E-state index contributed by atoms with van der Waals surface area (Å²) in [5, 5.41) is 19.9. The zero-order valence-electron chi connectivity index (χ0n) is 13.9. The lowest BCUT2D eigenvalue weighted by atomic mass is 9.87. The molecule has 0 aromatic carbocycles. The Bertz CT molecular complexity index is 504. The second kappa shape index (κ2) is 5.11. The highest BCUT2D eigenvalue weighted by Crippen LogP contribution is 2.49. The molecule has 8 nitrogen and oxygen atoms in total. The third-order valence-electron chi connectivity index (χ3n) is 4.48. The minimum absolute atomic E-state index is 0.118. The van der Waals surface area contributed by atoms with Gasteiger partial charge in [-0.3, -0.25) is 4.79 Å². The molecule has 0 radical (unpaired) electrons. The summed E-state index contributed by atoms with van der Waals surface area (Å²) in [5.74, 6) is -5.70. The van der Waals surface area contributed by atoms with E-state index in [0.29, 0.717) is 0 Å². The molecule has 23 heavy (non-hydrogen) atoms. The van der Waals surface area contributed by atoms with Gasteiger partial charge in [0.2, 0.25) is 5.79 Å². The van der Waals surface area contributed by atoms with Crippen LogP contribution in [0, 0.1) is 5.92 Å². The van der Waals surface area contributed by atoms with Crippen LogP contribution in [0.25, 0.3) is 0 Å². The van der Waals surface area contributed by atoms with Gasteiger partial charge in [-0.1, -0.05) is 0 Å². The van der Waals surface area contributed by atoms with Crippen LogP contribution in [-0.4, -0.2) is 64.6 Å². The zero-order chi connectivity index (χ0) is 17.2. The highest BCUT2D eigenvalue weighted by Gasteiger charge is 2.68. The van der Waals surface area contributed by atoms with Crippen LogP contribution in [0.15, 0.2) is 0 Å². The maximum absolute atomic E-state index is 11.3. The molecule has 0 amide bonds. The van der Waals surface area contributed by atoms with Gasteiger partial charge >= 0.3 is 5.97 Å². The van der Waals surface area contributed by atoms with E-state index in [4.69, 9.17) is 23.7 Å². The highest BCUT2D eigenvalue weighted by molar-refractivity contribution is 5.70. The van der Waals surface area contributed by atoms with Gasteiger partial charge in [-0.05, 0) is 34.6 Å². The number of ether oxygens (including phenoxy) is 5. The molecule has 0 aromatic heterocycles. The van der Waals surface area contributed by atoms with E-state index in [2.05, 4.69) is 0 Å². The third kappa shape index (κ3) is 2.67. The van der Waals surface area contributed by atoms with Crippen LogP contribution in [0.2, 0.25) is 0 Å². The van der Waals surface area contributed by atoms with E-state index in [0.717, 1.165) is 0 Å². The Balaban J connectivity index is 1.96. The molecule has 6 atom stereocenters. The van der Waals surface area contributed by atoms with Crippen molar-refractivity contribution in [3.63, 3.8) is 0 Å². The SMILES string of the molecule is CC(C(=O)O)C(O)[C@@]12OC[C@H]3OC(C)(C)O[C@H]3[C@@H]1OC(C)(C)O2. The van der Waals surface area contributed by atoms with E-state index in [1.807, 2.05) is 0 Å². The Labute approximate surface area is 134 Å². The summed E-state index contributed by atoms with van der Waals surface area (Å²) in [6.45, 7) is 8.45. The fraction of sp³-hybridized carbons (Fsp3) is 0.933. The molecule has 3 fully saturated rings. The Kier molecular flexibility index (Phi) is 3.79. The number of hydrogen-bond acceptors (Lipinski definition) is 7. The van der Waals surface area contributed by atoms with E-state index >= 15 is 0 Å². The van der Waals surface area contributed by atoms with Crippen LogP contribution in [-0.2, 0) is 28.5 Å². The van der Waals surface area contributed by atoms with E-state index in [9.17, 15) is 15.0 Å². The van der Waals surface area contributed by atoms with Crippen LogP contribution in [0.4, 0.5) is 0 Å². The molecule has 0 spiro atoms. The van der Waals surface area contributed by atoms with Crippen molar-refractivity contribution in [3.05, 3.63) is 0 Å². The van der Waals surface area contributed by atoms with Crippen LogP contribution < -0.4 is 0 Å². The Morgan fingerprint density at radius 3 is 2.39 bits per heavy atom. The predicted octanol–water partition coefficient (Wildman–Crippen LogP) is 0.466. The van der Waals surface area contributed by atoms with E-state index < -0.39 is 47.6 Å². The predicted molar refractivity (Wildman–Crippen MR) is 75.4 cm³/mol. The molecular weight excluding hydrogens is 308 g/mol. The first-order valence-electron chi connectivity index (χ1n) is 7.76. The van der Waals surface area contributed by atoms with Gasteiger partial charge < -0.3 is 33.9 Å². The van der Waals surface area contributed by atoms with Crippen LogP contribution >= 0.6 is 0 Å². The van der Waals surface area contributed by atoms with Crippen molar-refractivity contribution >= 4 is 5.97 Å². The zero-order valence-corrected chi connectivity index (χ0v) is 13.9. The number of aliphatic hydroxyl groups is 1. The first-order valence-corrected chi connectivity index (χ1v) is 7.76. The standard InChI is InChI=1S/C15H24O8/c1-7(12(17)18)10(16)15-11(22-14(4,5)23-15)9-8(6-19-15)20-13(2,3)21-9/h7-11,16H,6H2,1-5H3,(H,17,18)/t7?,8-,9-,10?,11+,15+/m1/s1. The van der Waals surface area contributed by atoms with Crippen LogP contribution in [0.3, 0.4) is 0 Å². The minimum Gasteiger partial charge on any atom is -0.481 e. The van der Waals surface area contributed by atoms with Gasteiger partial charge in [0.25, 0.3) is 0 Å². The largest absolute Gasteiger partial charge is 0.481 e. The molecule has 0 saturated carbocycles. The first kappa shape index (κ1) is 17.1. The average molecular weight is 332 g/mol. The summed E-state index contributed by atoms with van der Waals surface area (Å²) in [4.78, 5) is 11.3. The van der Waals surface area contributed by atoms with Gasteiger partial charge in [-0.25, -0.2) is 0 Å². The molecule has 132 valence electrons. The lowest BCUT2D eigenvalue weighted by Gasteiger charge is -2.44. The van der Waals surface area contributed by atoms with Gasteiger partial charge in [0.05, 0.1) is 12.5 Å². The molecule has 3 aliphatic heterocycles.